The first-order chi connectivity index (χ1) is 9.61. The van der Waals surface area contributed by atoms with Crippen molar-refractivity contribution in [2.24, 2.45) is 5.92 Å². The van der Waals surface area contributed by atoms with Gasteiger partial charge in [-0.05, 0) is 43.5 Å². The second kappa shape index (κ2) is 5.79. The number of halogens is 1. The number of benzene rings is 1. The summed E-state index contributed by atoms with van der Waals surface area (Å²) >= 11 is 3.34. The van der Waals surface area contributed by atoms with Crippen LogP contribution in [0.25, 0.3) is 0 Å². The second-order valence-corrected chi connectivity index (χ2v) is 6.62. The number of piperidine rings is 3. The molecule has 0 aromatic heterocycles. The maximum atomic E-state index is 10.9. The first-order valence-electron chi connectivity index (χ1n) is 7.01. The molecule has 108 valence electrons. The Bertz CT molecular complexity index is 515. The van der Waals surface area contributed by atoms with E-state index in [9.17, 15) is 10.1 Å². The van der Waals surface area contributed by atoms with Gasteiger partial charge in [-0.2, -0.15) is 0 Å². The molecule has 20 heavy (non-hydrogen) atoms. The normalized spacial score (nSPS) is 28.6. The van der Waals surface area contributed by atoms with Crippen LogP contribution < -0.4 is 5.32 Å². The maximum Gasteiger partial charge on any atom is 0.270 e. The molecular formula is C14H18BrN3O2. The van der Waals surface area contributed by atoms with Crippen LogP contribution in [0.1, 0.15) is 18.4 Å². The van der Waals surface area contributed by atoms with Crippen LogP contribution in [-0.4, -0.2) is 35.5 Å². The summed E-state index contributed by atoms with van der Waals surface area (Å²) in [5, 5.41) is 14.5. The van der Waals surface area contributed by atoms with Gasteiger partial charge in [-0.25, -0.2) is 0 Å². The number of rotatable bonds is 4. The Kier molecular flexibility index (Phi) is 4.05. The van der Waals surface area contributed by atoms with Gasteiger partial charge in [0.2, 0.25) is 0 Å². The fourth-order valence-electron chi connectivity index (χ4n) is 3.29. The highest BCUT2D eigenvalue weighted by Gasteiger charge is 2.33. The van der Waals surface area contributed by atoms with E-state index in [2.05, 4.69) is 26.1 Å². The third kappa shape index (κ3) is 3.02. The number of hydrogen-bond donors (Lipinski definition) is 1. The number of nitrogens with zero attached hydrogens (tertiary/aromatic N) is 2. The molecule has 3 aliphatic rings. The van der Waals surface area contributed by atoms with Crippen molar-refractivity contribution in [2.75, 3.05) is 19.6 Å². The molecule has 1 atom stereocenters. The molecule has 0 amide bonds. The van der Waals surface area contributed by atoms with Crippen molar-refractivity contribution >= 4 is 21.6 Å². The molecule has 4 rings (SSSR count). The summed E-state index contributed by atoms with van der Waals surface area (Å²) in [6.45, 7) is 4.26. The summed E-state index contributed by atoms with van der Waals surface area (Å²) in [6.07, 6.45) is 2.55. The van der Waals surface area contributed by atoms with Crippen LogP contribution in [0.2, 0.25) is 0 Å². The summed E-state index contributed by atoms with van der Waals surface area (Å²) in [7, 11) is 0. The predicted molar refractivity (Wildman–Crippen MR) is 80.6 cm³/mol. The highest BCUT2D eigenvalue weighted by atomic mass is 79.9. The lowest BCUT2D eigenvalue weighted by atomic mass is 9.84. The van der Waals surface area contributed by atoms with Gasteiger partial charge in [0.25, 0.3) is 5.69 Å². The third-order valence-electron chi connectivity index (χ3n) is 4.38. The van der Waals surface area contributed by atoms with Gasteiger partial charge in [-0.3, -0.25) is 10.1 Å². The Hall–Kier alpha value is -0.980. The van der Waals surface area contributed by atoms with Crippen molar-refractivity contribution in [3.63, 3.8) is 0 Å². The van der Waals surface area contributed by atoms with Gasteiger partial charge in [0.05, 0.1) is 4.92 Å². The Morgan fingerprint density at radius 1 is 1.35 bits per heavy atom. The van der Waals surface area contributed by atoms with Crippen LogP contribution in [0.5, 0.6) is 0 Å². The fourth-order valence-corrected chi connectivity index (χ4v) is 3.81. The van der Waals surface area contributed by atoms with Crippen LogP contribution in [0.15, 0.2) is 22.7 Å². The van der Waals surface area contributed by atoms with E-state index in [0.29, 0.717) is 12.6 Å². The molecule has 1 aromatic rings. The lowest BCUT2D eigenvalue weighted by molar-refractivity contribution is -0.385. The molecular weight excluding hydrogens is 322 g/mol. The number of fused-ring (bicyclic) bond motifs is 3. The minimum absolute atomic E-state index is 0.144. The standard InChI is InChI=1S/C14H18BrN3O2/c15-12-5-10(6-13(7-12)18(19)20)8-16-14-9-17-3-1-11(14)2-4-17/h5-7,11,14,16H,1-4,8-9H2. The van der Waals surface area contributed by atoms with Gasteiger partial charge in [-0.1, -0.05) is 15.9 Å². The van der Waals surface area contributed by atoms with Crippen LogP contribution in [0.3, 0.4) is 0 Å². The van der Waals surface area contributed by atoms with Crippen molar-refractivity contribution in [3.05, 3.63) is 38.3 Å². The van der Waals surface area contributed by atoms with E-state index in [1.165, 1.54) is 32.0 Å². The van der Waals surface area contributed by atoms with E-state index in [-0.39, 0.29) is 10.6 Å². The summed E-state index contributed by atoms with van der Waals surface area (Å²) in [6, 6.07) is 5.66. The minimum atomic E-state index is -0.345. The first kappa shape index (κ1) is 14.0. The lowest BCUT2D eigenvalue weighted by Crippen LogP contribution is -2.55. The molecule has 6 heteroatoms. The minimum Gasteiger partial charge on any atom is -0.308 e. The SMILES string of the molecule is O=[N+]([O-])c1cc(Br)cc(CNC2CN3CCC2CC3)c1. The van der Waals surface area contributed by atoms with Crippen molar-refractivity contribution < 1.29 is 4.92 Å². The summed E-state index contributed by atoms with van der Waals surface area (Å²) < 4.78 is 0.761. The zero-order valence-corrected chi connectivity index (χ0v) is 12.8. The molecule has 1 unspecified atom stereocenters. The van der Waals surface area contributed by atoms with E-state index in [1.54, 1.807) is 6.07 Å². The summed E-state index contributed by atoms with van der Waals surface area (Å²) in [5.41, 5.74) is 1.10. The summed E-state index contributed by atoms with van der Waals surface area (Å²) in [4.78, 5) is 13.0. The Morgan fingerprint density at radius 2 is 2.10 bits per heavy atom. The molecule has 3 fully saturated rings. The topological polar surface area (TPSA) is 58.4 Å². The summed E-state index contributed by atoms with van der Waals surface area (Å²) in [5.74, 6) is 0.766. The molecule has 5 nitrogen and oxygen atoms in total. The fraction of sp³-hybridized carbons (Fsp3) is 0.571. The number of nitro benzene ring substituents is 1. The number of nitro groups is 1. The zero-order chi connectivity index (χ0) is 14.1. The molecule has 3 saturated heterocycles. The van der Waals surface area contributed by atoms with Crippen molar-refractivity contribution in [1.29, 1.82) is 0 Å². The van der Waals surface area contributed by atoms with Gasteiger partial charge in [0.15, 0.2) is 0 Å². The van der Waals surface area contributed by atoms with Crippen LogP contribution in [0, 0.1) is 16.0 Å². The molecule has 3 heterocycles. The molecule has 0 saturated carbocycles. The van der Waals surface area contributed by atoms with Crippen LogP contribution in [0.4, 0.5) is 5.69 Å². The van der Waals surface area contributed by atoms with E-state index in [1.807, 2.05) is 6.07 Å². The average Bonchev–Trinajstić information content (AvgIpc) is 2.46. The van der Waals surface area contributed by atoms with E-state index in [4.69, 9.17) is 0 Å². The molecule has 1 aromatic carbocycles. The number of hydrogen-bond acceptors (Lipinski definition) is 4. The first-order valence-corrected chi connectivity index (χ1v) is 7.81. The van der Waals surface area contributed by atoms with Crippen molar-refractivity contribution in [2.45, 2.75) is 25.4 Å². The van der Waals surface area contributed by atoms with Gasteiger partial charge in [0, 0.05) is 35.7 Å². The highest BCUT2D eigenvalue weighted by molar-refractivity contribution is 9.10. The van der Waals surface area contributed by atoms with Crippen LogP contribution >= 0.6 is 15.9 Å². The van der Waals surface area contributed by atoms with Crippen molar-refractivity contribution in [1.82, 2.24) is 10.2 Å². The van der Waals surface area contributed by atoms with Gasteiger partial charge in [-0.15, -0.1) is 0 Å². The average molecular weight is 340 g/mol. The molecule has 3 aliphatic heterocycles. The molecule has 1 N–H and O–H groups in total. The van der Waals surface area contributed by atoms with Gasteiger partial charge in [0.1, 0.15) is 0 Å². The monoisotopic (exact) mass is 339 g/mol. The van der Waals surface area contributed by atoms with Crippen LogP contribution in [-0.2, 0) is 6.54 Å². The molecule has 0 spiro atoms. The number of non-ortho nitro benzene ring substituents is 1. The van der Waals surface area contributed by atoms with Gasteiger partial charge < -0.3 is 10.2 Å². The zero-order valence-electron chi connectivity index (χ0n) is 11.2. The van der Waals surface area contributed by atoms with Crippen molar-refractivity contribution in [3.8, 4) is 0 Å². The van der Waals surface area contributed by atoms with E-state index >= 15 is 0 Å². The smallest absolute Gasteiger partial charge is 0.270 e. The van der Waals surface area contributed by atoms with E-state index in [0.717, 1.165) is 22.5 Å². The Balaban J connectivity index is 1.65. The molecule has 2 bridgehead atoms. The Morgan fingerprint density at radius 3 is 2.70 bits per heavy atom. The van der Waals surface area contributed by atoms with Gasteiger partial charge >= 0.3 is 0 Å². The number of nitrogens with one attached hydrogen (secondary N) is 1. The highest BCUT2D eigenvalue weighted by Crippen LogP contribution is 2.28. The largest absolute Gasteiger partial charge is 0.308 e. The molecule has 0 aliphatic carbocycles. The predicted octanol–water partition coefficient (Wildman–Crippen LogP) is 2.54. The maximum absolute atomic E-state index is 10.9. The van der Waals surface area contributed by atoms with E-state index < -0.39 is 0 Å². The third-order valence-corrected chi connectivity index (χ3v) is 4.84. The Labute approximate surface area is 126 Å². The molecule has 0 radical (unpaired) electrons. The lowest BCUT2D eigenvalue weighted by Gasteiger charge is -2.45. The second-order valence-electron chi connectivity index (χ2n) is 5.70. The quantitative estimate of drug-likeness (QED) is 0.676.